The van der Waals surface area contributed by atoms with Gasteiger partial charge in [-0.3, -0.25) is 4.79 Å². The molecule has 1 aromatic heterocycles. The van der Waals surface area contributed by atoms with Crippen molar-refractivity contribution < 1.29 is 28.9 Å². The Hall–Kier alpha value is -2.54. The Balaban J connectivity index is 2.52. The van der Waals surface area contributed by atoms with E-state index in [1.54, 1.807) is 6.92 Å². The summed E-state index contributed by atoms with van der Waals surface area (Å²) in [6.45, 7) is 2.07. The molecular weight excluding hydrogens is 304 g/mol. The highest BCUT2D eigenvalue weighted by molar-refractivity contribution is 5.84. The van der Waals surface area contributed by atoms with Gasteiger partial charge < -0.3 is 24.1 Å². The molecule has 7 heteroatoms. The van der Waals surface area contributed by atoms with Crippen LogP contribution in [0.2, 0.25) is 0 Å². The summed E-state index contributed by atoms with van der Waals surface area (Å²) in [5.74, 6) is -1.13. The minimum Gasteiger partial charge on any atom is -0.504 e. The van der Waals surface area contributed by atoms with E-state index in [-0.39, 0.29) is 48.7 Å². The third kappa shape index (κ3) is 3.62. The van der Waals surface area contributed by atoms with E-state index in [2.05, 4.69) is 0 Å². The van der Waals surface area contributed by atoms with Gasteiger partial charge in [0.2, 0.25) is 0 Å². The molecule has 0 fully saturated rings. The number of hydrogen-bond acceptors (Lipinski definition) is 7. The van der Waals surface area contributed by atoms with Gasteiger partial charge in [0.15, 0.2) is 11.5 Å². The second-order valence-corrected chi connectivity index (χ2v) is 4.92. The SMILES string of the molecule is CCOC(=O)CCc1c(COC)c2cc(O)c(O)cc2oc1=O. The van der Waals surface area contributed by atoms with Crippen LogP contribution in [-0.2, 0) is 27.3 Å². The molecule has 0 aliphatic carbocycles. The average molecular weight is 322 g/mol. The first-order valence-corrected chi connectivity index (χ1v) is 7.13. The van der Waals surface area contributed by atoms with E-state index < -0.39 is 11.6 Å². The first-order valence-electron chi connectivity index (χ1n) is 7.13. The highest BCUT2D eigenvalue weighted by atomic mass is 16.5. The predicted octanol–water partition coefficient (Wildman–Crippen LogP) is 1.85. The van der Waals surface area contributed by atoms with Crippen LogP contribution in [0.3, 0.4) is 0 Å². The van der Waals surface area contributed by atoms with E-state index >= 15 is 0 Å². The maximum atomic E-state index is 12.2. The summed E-state index contributed by atoms with van der Waals surface area (Å²) in [7, 11) is 1.47. The van der Waals surface area contributed by atoms with Gasteiger partial charge in [-0.25, -0.2) is 4.79 Å². The standard InChI is InChI=1S/C16H18O7/c1-3-22-15(19)5-4-9-11(8-21-2)10-6-12(17)13(18)7-14(10)23-16(9)20/h6-7,17-18H,3-5,8H2,1-2H3. The molecule has 23 heavy (non-hydrogen) atoms. The maximum Gasteiger partial charge on any atom is 0.339 e. The highest BCUT2D eigenvalue weighted by Gasteiger charge is 2.18. The second kappa shape index (κ2) is 7.15. The van der Waals surface area contributed by atoms with E-state index in [1.165, 1.54) is 19.2 Å². The molecule has 0 aliphatic heterocycles. The first-order chi connectivity index (χ1) is 11.0. The Bertz CT molecular complexity index is 776. The summed E-state index contributed by atoms with van der Waals surface area (Å²) in [5, 5.41) is 19.6. The number of esters is 1. The van der Waals surface area contributed by atoms with Crippen molar-refractivity contribution in [3.63, 3.8) is 0 Å². The van der Waals surface area contributed by atoms with Gasteiger partial charge in [-0.2, -0.15) is 0 Å². The van der Waals surface area contributed by atoms with Crippen molar-refractivity contribution in [2.45, 2.75) is 26.4 Å². The molecule has 0 bridgehead atoms. The second-order valence-electron chi connectivity index (χ2n) is 4.92. The Morgan fingerprint density at radius 3 is 2.57 bits per heavy atom. The summed E-state index contributed by atoms with van der Waals surface area (Å²) < 4.78 is 15.1. The van der Waals surface area contributed by atoms with Crippen molar-refractivity contribution in [3.05, 3.63) is 33.7 Å². The molecule has 0 saturated carbocycles. The average Bonchev–Trinajstić information content (AvgIpc) is 2.49. The monoisotopic (exact) mass is 322 g/mol. The van der Waals surface area contributed by atoms with Gasteiger partial charge in [0, 0.05) is 30.5 Å². The molecule has 0 atom stereocenters. The largest absolute Gasteiger partial charge is 0.504 e. The van der Waals surface area contributed by atoms with Gasteiger partial charge in [0.25, 0.3) is 0 Å². The predicted molar refractivity (Wildman–Crippen MR) is 81.5 cm³/mol. The van der Waals surface area contributed by atoms with Crippen molar-refractivity contribution >= 4 is 16.9 Å². The minimum atomic E-state index is -0.612. The van der Waals surface area contributed by atoms with Crippen LogP contribution in [-0.4, -0.2) is 29.9 Å². The maximum absolute atomic E-state index is 12.2. The van der Waals surface area contributed by atoms with Gasteiger partial charge in [0.1, 0.15) is 5.58 Å². The molecule has 1 aromatic carbocycles. The molecule has 0 unspecified atom stereocenters. The van der Waals surface area contributed by atoms with Crippen LogP contribution in [0.5, 0.6) is 11.5 Å². The number of aromatic hydroxyl groups is 2. The third-order valence-corrected chi connectivity index (χ3v) is 3.39. The molecule has 2 rings (SSSR count). The first kappa shape index (κ1) is 16.8. The molecule has 124 valence electrons. The zero-order chi connectivity index (χ0) is 17.0. The number of phenolic OH excluding ortho intramolecular Hbond substituents is 2. The van der Waals surface area contributed by atoms with Gasteiger partial charge in [-0.1, -0.05) is 0 Å². The lowest BCUT2D eigenvalue weighted by atomic mass is 10.0. The van der Waals surface area contributed by atoms with Gasteiger partial charge in [-0.05, 0) is 25.0 Å². The molecule has 0 radical (unpaired) electrons. The fourth-order valence-corrected chi connectivity index (χ4v) is 2.35. The summed E-state index contributed by atoms with van der Waals surface area (Å²) in [6.07, 6.45) is 0.169. The zero-order valence-electron chi connectivity index (χ0n) is 12.9. The van der Waals surface area contributed by atoms with Gasteiger partial charge in [0.05, 0.1) is 13.2 Å². The number of fused-ring (bicyclic) bond motifs is 1. The van der Waals surface area contributed by atoms with Crippen molar-refractivity contribution in [1.82, 2.24) is 0 Å². The number of rotatable bonds is 6. The van der Waals surface area contributed by atoms with Crippen LogP contribution in [0.4, 0.5) is 0 Å². The Morgan fingerprint density at radius 1 is 1.22 bits per heavy atom. The van der Waals surface area contributed by atoms with Crippen molar-refractivity contribution in [3.8, 4) is 11.5 Å². The topological polar surface area (TPSA) is 106 Å². The molecule has 1 heterocycles. The van der Waals surface area contributed by atoms with Crippen molar-refractivity contribution in [2.24, 2.45) is 0 Å². The fourth-order valence-electron chi connectivity index (χ4n) is 2.35. The molecule has 0 saturated heterocycles. The molecule has 2 aromatic rings. The van der Waals surface area contributed by atoms with E-state index in [1.807, 2.05) is 0 Å². The number of carbonyl (C=O) groups excluding carboxylic acids is 1. The van der Waals surface area contributed by atoms with E-state index in [9.17, 15) is 19.8 Å². The summed E-state index contributed by atoms with van der Waals surface area (Å²) in [5.41, 5.74) is 0.326. The van der Waals surface area contributed by atoms with E-state index in [4.69, 9.17) is 13.9 Å². The van der Waals surface area contributed by atoms with Crippen LogP contribution in [0.15, 0.2) is 21.3 Å². The molecule has 2 N–H and O–H groups in total. The summed E-state index contributed by atoms with van der Waals surface area (Å²) >= 11 is 0. The molecular formula is C16H18O7. The van der Waals surface area contributed by atoms with Crippen molar-refractivity contribution in [2.75, 3.05) is 13.7 Å². The van der Waals surface area contributed by atoms with E-state index in [0.29, 0.717) is 10.9 Å². The van der Waals surface area contributed by atoms with Crippen LogP contribution >= 0.6 is 0 Å². The van der Waals surface area contributed by atoms with Crippen LogP contribution in [0, 0.1) is 0 Å². The smallest absolute Gasteiger partial charge is 0.339 e. The summed E-state index contributed by atoms with van der Waals surface area (Å²) in [6, 6.07) is 2.47. The Kier molecular flexibility index (Phi) is 5.23. The van der Waals surface area contributed by atoms with Crippen LogP contribution in [0.1, 0.15) is 24.5 Å². The Morgan fingerprint density at radius 2 is 1.91 bits per heavy atom. The number of hydrogen-bond donors (Lipinski definition) is 2. The van der Waals surface area contributed by atoms with Crippen molar-refractivity contribution in [1.29, 1.82) is 0 Å². The fraction of sp³-hybridized carbons (Fsp3) is 0.375. The number of benzene rings is 1. The number of methoxy groups -OCH3 is 1. The number of phenols is 2. The molecule has 7 nitrogen and oxygen atoms in total. The van der Waals surface area contributed by atoms with Gasteiger partial charge >= 0.3 is 11.6 Å². The highest BCUT2D eigenvalue weighted by Crippen LogP contribution is 2.32. The van der Waals surface area contributed by atoms with Crippen LogP contribution in [0.25, 0.3) is 11.0 Å². The zero-order valence-corrected chi connectivity index (χ0v) is 12.9. The third-order valence-electron chi connectivity index (χ3n) is 3.39. The lowest BCUT2D eigenvalue weighted by Crippen LogP contribution is -2.15. The quantitative estimate of drug-likeness (QED) is 0.475. The lowest BCUT2D eigenvalue weighted by Gasteiger charge is -2.11. The van der Waals surface area contributed by atoms with E-state index in [0.717, 1.165) is 0 Å². The normalized spacial score (nSPS) is 10.9. The lowest BCUT2D eigenvalue weighted by molar-refractivity contribution is -0.143. The minimum absolute atomic E-state index is 0.0326. The summed E-state index contributed by atoms with van der Waals surface area (Å²) in [4.78, 5) is 23.7. The van der Waals surface area contributed by atoms with Crippen LogP contribution < -0.4 is 5.63 Å². The number of ether oxygens (including phenoxy) is 2. The molecule has 0 amide bonds. The molecule has 0 aliphatic rings. The molecule has 0 spiro atoms. The number of carbonyl (C=O) groups is 1. The van der Waals surface area contributed by atoms with Gasteiger partial charge in [-0.15, -0.1) is 0 Å². The Labute approximate surface area is 132 Å².